The van der Waals surface area contributed by atoms with Crippen molar-refractivity contribution in [2.45, 2.75) is 25.6 Å². The fourth-order valence-electron chi connectivity index (χ4n) is 6.38. The van der Waals surface area contributed by atoms with Crippen molar-refractivity contribution in [3.8, 4) is 11.3 Å². The van der Waals surface area contributed by atoms with Crippen LogP contribution in [0.4, 0.5) is 5.69 Å². The van der Waals surface area contributed by atoms with E-state index in [9.17, 15) is 0 Å². The normalized spacial score (nSPS) is 11.6. The lowest BCUT2D eigenvalue weighted by Crippen LogP contribution is -2.38. The smallest absolute Gasteiger partial charge is 0.138 e. The molecule has 0 atom stereocenters. The molecule has 3 N–H and O–H groups in total. The maximum Gasteiger partial charge on any atom is 0.138 e. The van der Waals surface area contributed by atoms with Gasteiger partial charge in [-0.15, -0.1) is 0 Å². The molecule has 2 aromatic heterocycles. The monoisotopic (exact) mass is 585 g/mol. The third-order valence-corrected chi connectivity index (χ3v) is 8.49. The van der Waals surface area contributed by atoms with Crippen LogP contribution in [0.5, 0.6) is 0 Å². The van der Waals surface area contributed by atoms with Gasteiger partial charge in [-0.3, -0.25) is 4.98 Å². The summed E-state index contributed by atoms with van der Waals surface area (Å²) in [7, 11) is 0. The number of nitrogens with one attached hydrogen (secondary N) is 1. The van der Waals surface area contributed by atoms with E-state index in [1.807, 2.05) is 25.3 Å². The Morgan fingerprint density at radius 2 is 1.22 bits per heavy atom. The van der Waals surface area contributed by atoms with Gasteiger partial charge >= 0.3 is 0 Å². The first-order chi connectivity index (χ1) is 22.1. The zero-order valence-corrected chi connectivity index (χ0v) is 25.3. The minimum atomic E-state index is -0.776. The lowest BCUT2D eigenvalue weighted by atomic mass is 9.77. The highest BCUT2D eigenvalue weighted by molar-refractivity contribution is 5.96. The number of hydrogen-bond donors (Lipinski definition) is 2. The van der Waals surface area contributed by atoms with Gasteiger partial charge in [0.2, 0.25) is 0 Å². The van der Waals surface area contributed by atoms with E-state index >= 15 is 0 Å². The fraction of sp³-hybridized carbons (Fsp3) is 0.100. The van der Waals surface area contributed by atoms with E-state index in [0.29, 0.717) is 6.54 Å². The average molecular weight is 586 g/mol. The molecule has 7 aromatic rings. The standard InChI is InChI=1S/C40H35N5/c1-29-24-31(22-23-43-29)39-36-25-32(28-42-27-30-14-6-2-7-15-30)37(41)26-38(36)45(44-39)40(33-16-8-3-9-17-33,34-18-10-4-11-19-34)35-20-12-5-13-21-35/h2-26,42H,27-28,41H2,1H3. The summed E-state index contributed by atoms with van der Waals surface area (Å²) in [6.07, 6.45) is 1.86. The van der Waals surface area contributed by atoms with Gasteiger partial charge in [0, 0.05) is 41.6 Å². The number of hydrogen-bond acceptors (Lipinski definition) is 4. The second kappa shape index (κ2) is 12.2. The highest BCUT2D eigenvalue weighted by atomic mass is 15.3. The Hall–Kier alpha value is -5.52. The summed E-state index contributed by atoms with van der Waals surface area (Å²) in [5.74, 6) is 0. The zero-order valence-electron chi connectivity index (χ0n) is 25.3. The first kappa shape index (κ1) is 28.3. The van der Waals surface area contributed by atoms with Crippen LogP contribution in [0.1, 0.15) is 33.5 Å². The summed E-state index contributed by atoms with van der Waals surface area (Å²) in [5.41, 5.74) is 16.2. The van der Waals surface area contributed by atoms with Gasteiger partial charge in [-0.05, 0) is 59.0 Å². The first-order valence-electron chi connectivity index (χ1n) is 15.3. The molecule has 0 aliphatic heterocycles. The number of anilines is 1. The molecule has 0 aliphatic rings. The Morgan fingerprint density at radius 1 is 0.667 bits per heavy atom. The van der Waals surface area contributed by atoms with Crippen LogP contribution >= 0.6 is 0 Å². The molecule has 5 nitrogen and oxygen atoms in total. The molecule has 220 valence electrons. The Kier molecular flexibility index (Phi) is 7.68. The lowest BCUT2D eigenvalue weighted by molar-refractivity contribution is 0.477. The molecule has 0 unspecified atom stereocenters. The van der Waals surface area contributed by atoms with Crippen molar-refractivity contribution >= 4 is 16.6 Å². The van der Waals surface area contributed by atoms with Crippen LogP contribution in [0.15, 0.2) is 152 Å². The van der Waals surface area contributed by atoms with Crippen molar-refractivity contribution < 1.29 is 0 Å². The topological polar surface area (TPSA) is 68.8 Å². The molecule has 0 aliphatic carbocycles. The third kappa shape index (κ3) is 5.28. The van der Waals surface area contributed by atoms with E-state index in [4.69, 9.17) is 10.8 Å². The molecule has 2 heterocycles. The third-order valence-electron chi connectivity index (χ3n) is 8.49. The minimum absolute atomic E-state index is 0.637. The largest absolute Gasteiger partial charge is 0.398 e. The molecule has 0 fully saturated rings. The SMILES string of the molecule is Cc1cc(-c2nn(C(c3ccccc3)(c3ccccc3)c3ccccc3)c3cc(N)c(CNCc4ccccc4)cc23)ccn1. The molecular formula is C40H35N5. The molecule has 0 amide bonds. The summed E-state index contributed by atoms with van der Waals surface area (Å²) in [5, 5.41) is 10.2. The molecule has 0 bridgehead atoms. The van der Waals surface area contributed by atoms with Gasteiger partial charge in [0.1, 0.15) is 11.2 Å². The second-order valence-corrected chi connectivity index (χ2v) is 11.4. The van der Waals surface area contributed by atoms with Crippen LogP contribution in [-0.2, 0) is 18.6 Å². The molecule has 0 saturated carbocycles. The van der Waals surface area contributed by atoms with Crippen molar-refractivity contribution in [2.24, 2.45) is 0 Å². The highest BCUT2D eigenvalue weighted by Gasteiger charge is 2.41. The number of aryl methyl sites for hydroxylation is 1. The van der Waals surface area contributed by atoms with Crippen LogP contribution < -0.4 is 11.1 Å². The van der Waals surface area contributed by atoms with Gasteiger partial charge in [-0.2, -0.15) is 5.10 Å². The average Bonchev–Trinajstić information content (AvgIpc) is 3.45. The van der Waals surface area contributed by atoms with Gasteiger partial charge in [0.15, 0.2) is 0 Å². The van der Waals surface area contributed by atoms with Crippen molar-refractivity contribution in [1.82, 2.24) is 20.1 Å². The molecule has 0 saturated heterocycles. The molecule has 5 heteroatoms. The highest BCUT2D eigenvalue weighted by Crippen LogP contribution is 2.44. The van der Waals surface area contributed by atoms with Crippen molar-refractivity contribution in [3.05, 3.63) is 185 Å². The van der Waals surface area contributed by atoms with Gasteiger partial charge in [0.05, 0.1) is 5.52 Å². The molecule has 45 heavy (non-hydrogen) atoms. The number of aromatic nitrogens is 3. The summed E-state index contributed by atoms with van der Waals surface area (Å²) < 4.78 is 2.19. The van der Waals surface area contributed by atoms with E-state index in [1.165, 1.54) is 5.56 Å². The summed E-state index contributed by atoms with van der Waals surface area (Å²) in [4.78, 5) is 4.48. The molecule has 0 radical (unpaired) electrons. The number of fused-ring (bicyclic) bond motifs is 1. The summed E-state index contributed by atoms with van der Waals surface area (Å²) in [6, 6.07) is 50.8. The number of pyridine rings is 1. The Bertz CT molecular complexity index is 1940. The van der Waals surface area contributed by atoms with Gasteiger partial charge in [0.25, 0.3) is 0 Å². The predicted molar refractivity (Wildman–Crippen MR) is 184 cm³/mol. The lowest BCUT2D eigenvalue weighted by Gasteiger charge is -2.37. The Labute approximate surface area is 264 Å². The Balaban J connectivity index is 1.50. The Morgan fingerprint density at radius 3 is 1.78 bits per heavy atom. The van der Waals surface area contributed by atoms with E-state index in [-0.39, 0.29) is 0 Å². The fourth-order valence-corrected chi connectivity index (χ4v) is 6.38. The number of benzene rings is 5. The van der Waals surface area contributed by atoms with Gasteiger partial charge < -0.3 is 11.1 Å². The predicted octanol–water partition coefficient (Wildman–Crippen LogP) is 8.12. The molecular weight excluding hydrogens is 550 g/mol. The first-order valence-corrected chi connectivity index (χ1v) is 15.3. The second-order valence-electron chi connectivity index (χ2n) is 11.4. The van der Waals surface area contributed by atoms with E-state index < -0.39 is 5.54 Å². The van der Waals surface area contributed by atoms with Crippen molar-refractivity contribution in [3.63, 3.8) is 0 Å². The van der Waals surface area contributed by atoms with Crippen LogP contribution in [-0.4, -0.2) is 14.8 Å². The van der Waals surface area contributed by atoms with E-state index in [0.717, 1.165) is 62.3 Å². The zero-order chi connectivity index (χ0) is 30.6. The van der Waals surface area contributed by atoms with Gasteiger partial charge in [-0.1, -0.05) is 121 Å². The van der Waals surface area contributed by atoms with Crippen LogP contribution in [0.25, 0.3) is 22.2 Å². The summed E-state index contributed by atoms with van der Waals surface area (Å²) in [6.45, 7) is 3.41. The minimum Gasteiger partial charge on any atom is -0.398 e. The number of nitrogen functional groups attached to an aromatic ring is 1. The van der Waals surface area contributed by atoms with Gasteiger partial charge in [-0.25, -0.2) is 4.68 Å². The van der Waals surface area contributed by atoms with E-state index in [1.54, 1.807) is 0 Å². The van der Waals surface area contributed by atoms with Crippen LogP contribution in [0.3, 0.4) is 0 Å². The van der Waals surface area contributed by atoms with E-state index in [2.05, 4.69) is 148 Å². The maximum absolute atomic E-state index is 6.88. The maximum atomic E-state index is 6.88. The van der Waals surface area contributed by atoms with Crippen LogP contribution in [0, 0.1) is 6.92 Å². The van der Waals surface area contributed by atoms with Crippen molar-refractivity contribution in [1.29, 1.82) is 0 Å². The number of nitrogens with two attached hydrogens (primary N) is 1. The molecule has 7 rings (SSSR count). The quantitative estimate of drug-likeness (QED) is 0.133. The molecule has 5 aromatic carbocycles. The number of nitrogens with zero attached hydrogens (tertiary/aromatic N) is 3. The molecule has 0 spiro atoms. The number of rotatable bonds is 9. The van der Waals surface area contributed by atoms with Crippen LogP contribution in [0.2, 0.25) is 0 Å². The summed E-state index contributed by atoms with van der Waals surface area (Å²) >= 11 is 0. The van der Waals surface area contributed by atoms with Crippen molar-refractivity contribution in [2.75, 3.05) is 5.73 Å².